The first kappa shape index (κ1) is 38.9. The first-order chi connectivity index (χ1) is 25.0. The molecule has 6 atom stereocenters. The molecular formula is C44H62F2N2O4. The molecule has 0 heterocycles. The first-order valence-corrected chi connectivity index (χ1v) is 20.6. The molecule has 2 fully saturated rings. The molecule has 2 aromatic carbocycles. The zero-order chi connectivity index (χ0) is 36.9. The van der Waals surface area contributed by atoms with Gasteiger partial charge in [0, 0.05) is 47.9 Å². The summed E-state index contributed by atoms with van der Waals surface area (Å²) < 4.78 is 41.9. The van der Waals surface area contributed by atoms with Gasteiger partial charge in [0.05, 0.1) is 0 Å². The molecule has 6 unspecified atom stereocenters. The number of rotatable bonds is 13. The van der Waals surface area contributed by atoms with Gasteiger partial charge in [-0.05, 0) is 97.6 Å². The largest absolute Gasteiger partial charge is 0.426 e. The van der Waals surface area contributed by atoms with E-state index in [4.69, 9.17) is 20.9 Å². The number of halogens is 2. The summed E-state index contributed by atoms with van der Waals surface area (Å²) in [5, 5.41) is 0. The summed E-state index contributed by atoms with van der Waals surface area (Å²) in [6, 6.07) is 6.49. The van der Waals surface area contributed by atoms with Crippen molar-refractivity contribution in [3.05, 3.63) is 58.2 Å². The molecule has 0 aromatic heterocycles. The third-order valence-corrected chi connectivity index (χ3v) is 13.5. The predicted octanol–water partition coefficient (Wildman–Crippen LogP) is 9.82. The van der Waals surface area contributed by atoms with Crippen LogP contribution in [-0.4, -0.2) is 24.0 Å². The Labute approximate surface area is 310 Å². The number of fused-ring (bicyclic) bond motifs is 8. The second-order valence-corrected chi connectivity index (χ2v) is 17.2. The predicted molar refractivity (Wildman–Crippen MR) is 201 cm³/mol. The summed E-state index contributed by atoms with van der Waals surface area (Å²) in [4.78, 5) is 25.3. The Morgan fingerprint density at radius 1 is 0.615 bits per heavy atom. The second kappa shape index (κ2) is 17.1. The lowest BCUT2D eigenvalue weighted by molar-refractivity contribution is -0.135. The van der Waals surface area contributed by atoms with E-state index in [1.54, 1.807) is 0 Å². The fourth-order valence-corrected chi connectivity index (χ4v) is 10.2. The van der Waals surface area contributed by atoms with Gasteiger partial charge in [-0.15, -0.1) is 0 Å². The van der Waals surface area contributed by atoms with E-state index in [0.717, 1.165) is 125 Å². The van der Waals surface area contributed by atoms with Crippen molar-refractivity contribution >= 4 is 11.9 Å². The quantitative estimate of drug-likeness (QED) is 0.121. The third-order valence-electron chi connectivity index (χ3n) is 13.5. The molecule has 286 valence electrons. The van der Waals surface area contributed by atoms with Crippen LogP contribution in [0, 0.1) is 23.5 Å². The molecule has 52 heavy (non-hydrogen) atoms. The Morgan fingerprint density at radius 2 is 1.00 bits per heavy atom. The number of nitrogens with two attached hydrogens (primary N) is 2. The summed E-state index contributed by atoms with van der Waals surface area (Å²) in [6.45, 7) is 4.32. The van der Waals surface area contributed by atoms with Crippen molar-refractivity contribution in [2.45, 2.75) is 178 Å². The van der Waals surface area contributed by atoms with Crippen LogP contribution in [0.1, 0.15) is 165 Å². The van der Waals surface area contributed by atoms with E-state index in [-0.39, 0.29) is 46.5 Å². The third kappa shape index (κ3) is 8.59. The van der Waals surface area contributed by atoms with Gasteiger partial charge in [-0.3, -0.25) is 9.59 Å². The lowest BCUT2D eigenvalue weighted by atomic mass is 9.60. The van der Waals surface area contributed by atoms with Crippen LogP contribution in [0.25, 0.3) is 0 Å². The molecule has 0 amide bonds. The fraction of sp³-hybridized carbons (Fsp3) is 0.682. The maximum Gasteiger partial charge on any atom is 0.311 e. The average molecular weight is 721 g/mol. The SMILES string of the molecule is CC12CCCCCC(Cc3c(F)cc(OC(=O)CCCCCCCCCCC(=O)Oc4cc(F)c5c(c4)C4(C)CCCCCC(C5)C4N)cc31)C2N. The van der Waals surface area contributed by atoms with E-state index < -0.39 is 0 Å². The van der Waals surface area contributed by atoms with E-state index in [0.29, 0.717) is 49.0 Å². The monoisotopic (exact) mass is 720 g/mol. The van der Waals surface area contributed by atoms with E-state index in [9.17, 15) is 9.59 Å². The lowest BCUT2D eigenvalue weighted by Gasteiger charge is -2.47. The van der Waals surface area contributed by atoms with Crippen LogP contribution >= 0.6 is 0 Å². The van der Waals surface area contributed by atoms with Gasteiger partial charge in [-0.25, -0.2) is 8.78 Å². The first-order valence-electron chi connectivity index (χ1n) is 20.6. The molecule has 2 aromatic rings. The van der Waals surface area contributed by atoms with E-state index >= 15 is 8.78 Å². The number of hydrogen-bond donors (Lipinski definition) is 2. The standard InChI is InChI=1S/C44H62F2N2O4/c1-43-21-15-9-11-17-29(41(43)47)23-33-35(43)25-31(27-37(33)45)51-39(49)19-13-7-5-3-4-6-8-14-20-40(50)52-32-26-36-34(38(46)28-32)24-30-18-12-10-16-22-44(36,2)42(30)48/h25-30,41-42H,3-24,47-48H2,1-2H3. The minimum Gasteiger partial charge on any atom is -0.426 e. The number of ether oxygens (including phenoxy) is 2. The van der Waals surface area contributed by atoms with Crippen molar-refractivity contribution < 1.29 is 27.8 Å². The zero-order valence-corrected chi connectivity index (χ0v) is 31.7. The summed E-state index contributed by atoms with van der Waals surface area (Å²) in [7, 11) is 0. The molecule has 0 radical (unpaired) electrons. The Balaban J connectivity index is 0.863. The molecule has 8 heteroatoms. The summed E-state index contributed by atoms with van der Waals surface area (Å²) >= 11 is 0. The number of esters is 2. The van der Waals surface area contributed by atoms with Gasteiger partial charge >= 0.3 is 11.9 Å². The number of carbonyl (C=O) groups is 2. The molecule has 0 spiro atoms. The Morgan fingerprint density at radius 3 is 1.40 bits per heavy atom. The Hall–Kier alpha value is -2.84. The van der Waals surface area contributed by atoms with Gasteiger partial charge in [0.15, 0.2) is 0 Å². The molecule has 4 aliphatic rings. The average Bonchev–Trinajstić information content (AvgIpc) is 3.10. The smallest absolute Gasteiger partial charge is 0.311 e. The molecule has 0 saturated heterocycles. The highest BCUT2D eigenvalue weighted by molar-refractivity contribution is 5.73. The van der Waals surface area contributed by atoms with Crippen LogP contribution in [0.4, 0.5) is 8.78 Å². The summed E-state index contributed by atoms with van der Waals surface area (Å²) in [5.74, 6) is -0.0324. The molecule has 4 aliphatic carbocycles. The van der Waals surface area contributed by atoms with Gasteiger partial charge in [0.1, 0.15) is 23.1 Å². The molecule has 6 rings (SSSR count). The van der Waals surface area contributed by atoms with E-state index in [2.05, 4.69) is 13.8 Å². The van der Waals surface area contributed by atoms with Crippen molar-refractivity contribution in [1.82, 2.24) is 0 Å². The highest BCUT2D eigenvalue weighted by atomic mass is 19.1. The fourth-order valence-electron chi connectivity index (χ4n) is 10.2. The maximum atomic E-state index is 15.3. The van der Waals surface area contributed by atoms with Gasteiger partial charge in [-0.1, -0.05) is 90.9 Å². The minimum atomic E-state index is -0.323. The maximum absolute atomic E-state index is 15.3. The van der Waals surface area contributed by atoms with Crippen molar-refractivity contribution in [2.75, 3.05) is 0 Å². The molecular weight excluding hydrogens is 658 g/mol. The summed E-state index contributed by atoms with van der Waals surface area (Å²) in [6.07, 6.45) is 20.2. The Bertz CT molecular complexity index is 1460. The van der Waals surface area contributed by atoms with Crippen LogP contribution < -0.4 is 20.9 Å². The number of unbranched alkanes of at least 4 members (excludes halogenated alkanes) is 7. The lowest BCUT2D eigenvalue weighted by Crippen LogP contribution is -2.53. The number of hydrogen-bond acceptors (Lipinski definition) is 6. The minimum absolute atomic E-state index is 0.0158. The van der Waals surface area contributed by atoms with Gasteiger partial charge in [0.25, 0.3) is 0 Å². The molecule has 4 N–H and O–H groups in total. The zero-order valence-electron chi connectivity index (χ0n) is 31.7. The molecule has 6 nitrogen and oxygen atoms in total. The van der Waals surface area contributed by atoms with Gasteiger partial charge < -0.3 is 20.9 Å². The number of carbonyl (C=O) groups excluding carboxylic acids is 2. The van der Waals surface area contributed by atoms with Gasteiger partial charge in [0.2, 0.25) is 0 Å². The van der Waals surface area contributed by atoms with Crippen LogP contribution in [0.5, 0.6) is 11.5 Å². The van der Waals surface area contributed by atoms with E-state index in [1.165, 1.54) is 25.0 Å². The van der Waals surface area contributed by atoms with Crippen LogP contribution in [-0.2, 0) is 33.3 Å². The normalized spacial score (nSPS) is 28.3. The Kier molecular flexibility index (Phi) is 12.8. The van der Waals surface area contributed by atoms with Crippen molar-refractivity contribution in [3.63, 3.8) is 0 Å². The van der Waals surface area contributed by atoms with Crippen LogP contribution in [0.2, 0.25) is 0 Å². The van der Waals surface area contributed by atoms with Crippen molar-refractivity contribution in [3.8, 4) is 11.5 Å². The van der Waals surface area contributed by atoms with Crippen LogP contribution in [0.3, 0.4) is 0 Å². The second-order valence-electron chi connectivity index (χ2n) is 17.2. The molecule has 0 aliphatic heterocycles. The summed E-state index contributed by atoms with van der Waals surface area (Å²) in [5.41, 5.74) is 16.3. The van der Waals surface area contributed by atoms with Crippen LogP contribution in [0.15, 0.2) is 24.3 Å². The number of benzene rings is 2. The van der Waals surface area contributed by atoms with Gasteiger partial charge in [-0.2, -0.15) is 0 Å². The molecule has 2 saturated carbocycles. The highest BCUT2D eigenvalue weighted by Gasteiger charge is 2.46. The highest BCUT2D eigenvalue weighted by Crippen LogP contribution is 2.49. The molecule has 4 bridgehead atoms. The van der Waals surface area contributed by atoms with E-state index in [1.807, 2.05) is 12.1 Å². The van der Waals surface area contributed by atoms with Crippen molar-refractivity contribution in [2.24, 2.45) is 23.3 Å². The topological polar surface area (TPSA) is 105 Å². The van der Waals surface area contributed by atoms with Crippen molar-refractivity contribution in [1.29, 1.82) is 0 Å².